The van der Waals surface area contributed by atoms with Crippen molar-refractivity contribution < 1.29 is 18.9 Å². The van der Waals surface area contributed by atoms with Gasteiger partial charge < -0.3 is 10.1 Å². The van der Waals surface area contributed by atoms with E-state index in [2.05, 4.69) is 26.8 Å². The first kappa shape index (κ1) is 19.4. The summed E-state index contributed by atoms with van der Waals surface area (Å²) < 4.78 is 8.61. The smallest absolute Gasteiger partial charge is 0.406 e. The zero-order valence-electron chi connectivity index (χ0n) is 15.9. The highest BCUT2D eigenvalue weighted by Gasteiger charge is 2.17. The van der Waals surface area contributed by atoms with E-state index in [1.54, 1.807) is 0 Å². The van der Waals surface area contributed by atoms with Crippen LogP contribution in [0.2, 0.25) is 0 Å². The number of benzene rings is 2. The molecule has 1 amide bonds. The highest BCUT2D eigenvalue weighted by molar-refractivity contribution is 5.94. The molecule has 6 heteroatoms. The lowest BCUT2D eigenvalue weighted by atomic mass is 10.1. The Morgan fingerprint density at radius 2 is 1.71 bits per heavy atom. The minimum atomic E-state index is -0.451. The average Bonchev–Trinajstić information content (AvgIpc) is 3.10. The van der Waals surface area contributed by atoms with Crippen LogP contribution in [0.3, 0.4) is 0 Å². The van der Waals surface area contributed by atoms with Gasteiger partial charge in [0.05, 0.1) is 7.11 Å². The van der Waals surface area contributed by atoms with E-state index in [-0.39, 0.29) is 12.3 Å². The van der Waals surface area contributed by atoms with Crippen molar-refractivity contribution in [1.82, 2.24) is 9.88 Å². The number of ketones is 1. The Bertz CT molecular complexity index is 921. The number of methoxy groups -OCH3 is 1. The summed E-state index contributed by atoms with van der Waals surface area (Å²) in [6, 6.07) is 19.4. The second kappa shape index (κ2) is 9.50. The van der Waals surface area contributed by atoms with Gasteiger partial charge in [-0.1, -0.05) is 60.7 Å². The summed E-state index contributed by atoms with van der Waals surface area (Å²) in [6.07, 6.45) is 4.09. The Hall–Kier alpha value is -3.41. The summed E-state index contributed by atoms with van der Waals surface area (Å²) in [5, 5.41) is 2.70. The topological polar surface area (TPSA) is 64.2 Å². The van der Waals surface area contributed by atoms with Gasteiger partial charge in [0.25, 0.3) is 0 Å². The van der Waals surface area contributed by atoms with Crippen LogP contribution in [0.1, 0.15) is 21.6 Å². The van der Waals surface area contributed by atoms with Crippen LogP contribution >= 0.6 is 0 Å². The molecule has 0 saturated carbocycles. The number of rotatable bonds is 8. The lowest BCUT2D eigenvalue weighted by Crippen LogP contribution is -2.36. The fraction of sp³-hybridized carbons (Fsp3) is 0.227. The number of aromatic nitrogens is 2. The van der Waals surface area contributed by atoms with E-state index in [4.69, 9.17) is 0 Å². The van der Waals surface area contributed by atoms with Gasteiger partial charge in [-0.05, 0) is 5.56 Å². The van der Waals surface area contributed by atoms with Gasteiger partial charge in [0.15, 0.2) is 6.54 Å². The standard InChI is InChI=1S/C22H23N3O3/c1-28-22(27)23-13-12-20-15-24(16-21(26)19-10-6-3-7-11-19)17-25(20)14-18-8-4-2-5-9-18/h2-11,15,17H,12-14,16H2,1H3/p+1. The van der Waals surface area contributed by atoms with E-state index >= 15 is 0 Å². The molecule has 0 unspecified atom stereocenters. The predicted octanol–water partition coefficient (Wildman–Crippen LogP) is 2.61. The molecule has 0 radical (unpaired) electrons. The van der Waals surface area contributed by atoms with Gasteiger partial charge >= 0.3 is 6.09 Å². The molecule has 0 atom stereocenters. The van der Waals surface area contributed by atoms with Crippen LogP contribution in [-0.4, -0.2) is 30.1 Å². The van der Waals surface area contributed by atoms with Gasteiger partial charge in [0, 0.05) is 18.5 Å². The summed E-state index contributed by atoms with van der Waals surface area (Å²) in [5.74, 6) is 0.0571. The summed E-state index contributed by atoms with van der Waals surface area (Å²) in [6.45, 7) is 1.42. The third-order valence-electron chi connectivity index (χ3n) is 4.43. The third kappa shape index (κ3) is 5.30. The van der Waals surface area contributed by atoms with Crippen molar-refractivity contribution in [1.29, 1.82) is 0 Å². The van der Waals surface area contributed by atoms with E-state index in [1.807, 2.05) is 65.6 Å². The SMILES string of the molecule is COC(=O)NCCc1c[n+](CC(=O)c2ccccc2)cn1Cc1ccccc1. The number of imidazole rings is 1. The Labute approximate surface area is 164 Å². The number of nitrogens with zero attached hydrogens (tertiary/aromatic N) is 2. The molecule has 0 saturated heterocycles. The molecule has 2 aromatic carbocycles. The number of carbonyl (C=O) groups is 2. The maximum atomic E-state index is 12.5. The molecular weight excluding hydrogens is 354 g/mol. The van der Waals surface area contributed by atoms with Crippen LogP contribution in [0, 0.1) is 0 Å². The molecule has 0 bridgehead atoms. The number of nitrogens with one attached hydrogen (secondary N) is 1. The Morgan fingerprint density at radius 1 is 1.04 bits per heavy atom. The van der Waals surface area contributed by atoms with E-state index in [0.29, 0.717) is 25.1 Å². The molecule has 1 aromatic heterocycles. The molecular formula is C22H24N3O3+. The lowest BCUT2D eigenvalue weighted by molar-refractivity contribution is -0.682. The van der Waals surface area contributed by atoms with Crippen LogP contribution < -0.4 is 9.88 Å². The Morgan fingerprint density at radius 3 is 2.39 bits per heavy atom. The Balaban J connectivity index is 1.75. The van der Waals surface area contributed by atoms with Gasteiger partial charge in [0.2, 0.25) is 12.1 Å². The van der Waals surface area contributed by atoms with Crippen molar-refractivity contribution in [3.05, 3.63) is 90.0 Å². The number of ether oxygens (including phenoxy) is 1. The fourth-order valence-corrected chi connectivity index (χ4v) is 3.02. The highest BCUT2D eigenvalue weighted by atomic mass is 16.5. The average molecular weight is 378 g/mol. The molecule has 0 aliphatic carbocycles. The number of hydrogen-bond donors (Lipinski definition) is 1. The molecule has 0 spiro atoms. The first-order valence-corrected chi connectivity index (χ1v) is 9.18. The van der Waals surface area contributed by atoms with E-state index in [0.717, 1.165) is 5.69 Å². The zero-order chi connectivity index (χ0) is 19.8. The van der Waals surface area contributed by atoms with E-state index < -0.39 is 6.09 Å². The first-order valence-electron chi connectivity index (χ1n) is 9.18. The molecule has 0 aliphatic heterocycles. The quantitative estimate of drug-likeness (QED) is 0.484. The minimum absolute atomic E-state index is 0.0571. The molecule has 28 heavy (non-hydrogen) atoms. The largest absolute Gasteiger partial charge is 0.453 e. The molecule has 1 heterocycles. The van der Waals surface area contributed by atoms with Crippen molar-refractivity contribution >= 4 is 11.9 Å². The maximum absolute atomic E-state index is 12.5. The minimum Gasteiger partial charge on any atom is -0.453 e. The molecule has 0 fully saturated rings. The van der Waals surface area contributed by atoms with Crippen molar-refractivity contribution in [2.24, 2.45) is 0 Å². The summed E-state index contributed by atoms with van der Waals surface area (Å²) in [7, 11) is 1.34. The highest BCUT2D eigenvalue weighted by Crippen LogP contribution is 2.07. The van der Waals surface area contributed by atoms with E-state index in [1.165, 1.54) is 12.7 Å². The van der Waals surface area contributed by atoms with Crippen molar-refractivity contribution in [3.63, 3.8) is 0 Å². The van der Waals surface area contributed by atoms with Crippen LogP contribution in [-0.2, 0) is 24.2 Å². The zero-order valence-corrected chi connectivity index (χ0v) is 15.9. The number of carbonyl (C=O) groups excluding carboxylic acids is 2. The van der Waals surface area contributed by atoms with E-state index in [9.17, 15) is 9.59 Å². The third-order valence-corrected chi connectivity index (χ3v) is 4.43. The van der Waals surface area contributed by atoms with Crippen molar-refractivity contribution in [2.45, 2.75) is 19.5 Å². The van der Waals surface area contributed by atoms with Crippen LogP contribution in [0.4, 0.5) is 4.79 Å². The summed E-state index contributed by atoms with van der Waals surface area (Å²) >= 11 is 0. The number of alkyl carbamates (subject to hydrolysis) is 1. The maximum Gasteiger partial charge on any atom is 0.406 e. The number of hydrogen-bond acceptors (Lipinski definition) is 3. The fourth-order valence-electron chi connectivity index (χ4n) is 3.02. The van der Waals surface area contributed by atoms with Crippen LogP contribution in [0.25, 0.3) is 0 Å². The van der Waals surface area contributed by atoms with Crippen LogP contribution in [0.5, 0.6) is 0 Å². The first-order chi connectivity index (χ1) is 13.7. The van der Waals surface area contributed by atoms with Crippen molar-refractivity contribution in [3.8, 4) is 0 Å². The van der Waals surface area contributed by atoms with Gasteiger partial charge in [-0.2, -0.15) is 0 Å². The predicted molar refractivity (Wildman–Crippen MR) is 105 cm³/mol. The second-order valence-corrected chi connectivity index (χ2v) is 6.48. The lowest BCUT2D eigenvalue weighted by Gasteiger charge is -2.04. The van der Waals surface area contributed by atoms with Gasteiger partial charge in [-0.25, -0.2) is 13.9 Å². The molecule has 0 aliphatic rings. The van der Waals surface area contributed by atoms with Gasteiger partial charge in [-0.3, -0.25) is 4.79 Å². The molecule has 6 nitrogen and oxygen atoms in total. The molecule has 1 N–H and O–H groups in total. The molecule has 3 aromatic rings. The van der Waals surface area contributed by atoms with Gasteiger partial charge in [-0.15, -0.1) is 0 Å². The second-order valence-electron chi connectivity index (χ2n) is 6.48. The molecule has 144 valence electrons. The summed E-state index contributed by atoms with van der Waals surface area (Å²) in [4.78, 5) is 23.8. The van der Waals surface area contributed by atoms with Crippen molar-refractivity contribution in [2.75, 3.05) is 13.7 Å². The molecule has 3 rings (SSSR count). The van der Waals surface area contributed by atoms with Crippen LogP contribution in [0.15, 0.2) is 73.2 Å². The summed E-state index contributed by atoms with van der Waals surface area (Å²) in [5.41, 5.74) is 2.89. The monoisotopic (exact) mass is 378 g/mol. The number of amides is 1. The number of Topliss-reactive ketones (excluding diaryl/α,β-unsaturated/α-hetero) is 1. The Kier molecular flexibility index (Phi) is 6.57. The van der Waals surface area contributed by atoms with Gasteiger partial charge in [0.1, 0.15) is 18.4 Å². The normalized spacial score (nSPS) is 10.5.